The average molecular weight is 413 g/mol. The van der Waals surface area contributed by atoms with Crippen molar-refractivity contribution in [2.45, 2.75) is 13.5 Å². The summed E-state index contributed by atoms with van der Waals surface area (Å²) in [4.78, 5) is 13.9. The highest BCUT2D eigenvalue weighted by molar-refractivity contribution is 8.15. The summed E-state index contributed by atoms with van der Waals surface area (Å²) in [6.07, 6.45) is 1.62. The van der Waals surface area contributed by atoms with E-state index in [-0.39, 0.29) is 5.91 Å². The largest absolute Gasteiger partial charge is 0.494 e. The number of carbonyl (C=O) groups is 1. The highest BCUT2D eigenvalue weighted by Gasteiger charge is 2.28. The molecule has 152 valence electrons. The fraction of sp³-hybridized carbons (Fsp3) is 0.286. The molecule has 1 fully saturated rings. The maximum atomic E-state index is 12.3. The van der Waals surface area contributed by atoms with E-state index in [1.54, 1.807) is 31.4 Å². The number of methoxy groups -OCH3 is 2. The van der Waals surface area contributed by atoms with Gasteiger partial charge in [-0.3, -0.25) is 9.69 Å². The standard InChI is InChI=1S/C21H23N3O4S/c1-4-28-17-8-5-15(6-9-17)13-24-20(25)14-29-21(24)23-22-12-16-7-10-18(26-2)19(11-16)27-3/h5-12H,4,13-14H2,1-3H3/b22-12+,23-21-. The van der Waals surface area contributed by atoms with Crippen LogP contribution in [-0.2, 0) is 11.3 Å². The van der Waals surface area contributed by atoms with Crippen molar-refractivity contribution in [2.75, 3.05) is 26.6 Å². The fourth-order valence-corrected chi connectivity index (χ4v) is 3.58. The van der Waals surface area contributed by atoms with Gasteiger partial charge in [0.1, 0.15) is 5.75 Å². The minimum atomic E-state index is 0.0175. The van der Waals surface area contributed by atoms with E-state index < -0.39 is 0 Å². The first-order chi connectivity index (χ1) is 14.1. The van der Waals surface area contributed by atoms with Crippen LogP contribution in [0, 0.1) is 0 Å². The normalized spacial score (nSPS) is 15.3. The molecule has 1 amide bonds. The molecule has 1 aliphatic heterocycles. The molecule has 0 N–H and O–H groups in total. The number of rotatable bonds is 8. The molecule has 2 aromatic carbocycles. The van der Waals surface area contributed by atoms with Crippen LogP contribution in [-0.4, -0.2) is 48.8 Å². The topological polar surface area (TPSA) is 72.7 Å². The van der Waals surface area contributed by atoms with Gasteiger partial charge in [0.25, 0.3) is 0 Å². The number of hydrogen-bond donors (Lipinski definition) is 0. The number of benzene rings is 2. The molecule has 1 saturated heterocycles. The van der Waals surface area contributed by atoms with Gasteiger partial charge >= 0.3 is 0 Å². The fourth-order valence-electron chi connectivity index (χ4n) is 2.75. The van der Waals surface area contributed by atoms with E-state index in [1.165, 1.54) is 11.8 Å². The van der Waals surface area contributed by atoms with Gasteiger partial charge in [-0.05, 0) is 48.4 Å². The van der Waals surface area contributed by atoms with Gasteiger partial charge in [0, 0.05) is 0 Å². The van der Waals surface area contributed by atoms with E-state index in [0.717, 1.165) is 16.9 Å². The number of thioether (sulfide) groups is 1. The van der Waals surface area contributed by atoms with Gasteiger partial charge in [-0.2, -0.15) is 5.10 Å². The third-order valence-electron chi connectivity index (χ3n) is 4.19. The molecule has 0 saturated carbocycles. The summed E-state index contributed by atoms with van der Waals surface area (Å²) in [6.45, 7) is 3.01. The Hall–Kier alpha value is -3.00. The summed E-state index contributed by atoms with van der Waals surface area (Å²) >= 11 is 1.38. The average Bonchev–Trinajstić information content (AvgIpc) is 3.09. The van der Waals surface area contributed by atoms with E-state index >= 15 is 0 Å². The first-order valence-corrected chi connectivity index (χ1v) is 10.1. The number of hydrogen-bond acceptors (Lipinski definition) is 7. The lowest BCUT2D eigenvalue weighted by atomic mass is 10.2. The molecule has 3 rings (SSSR count). The molecule has 0 aliphatic carbocycles. The third kappa shape index (κ3) is 5.29. The Morgan fingerprint density at radius 2 is 1.86 bits per heavy atom. The highest BCUT2D eigenvalue weighted by Crippen LogP contribution is 2.27. The van der Waals surface area contributed by atoms with E-state index in [1.807, 2.05) is 43.3 Å². The summed E-state index contributed by atoms with van der Waals surface area (Å²) in [7, 11) is 3.17. The highest BCUT2D eigenvalue weighted by atomic mass is 32.2. The molecule has 0 bridgehead atoms. The zero-order chi connectivity index (χ0) is 20.6. The van der Waals surface area contributed by atoms with Crippen molar-refractivity contribution < 1.29 is 19.0 Å². The van der Waals surface area contributed by atoms with Gasteiger partial charge in [0.15, 0.2) is 16.7 Å². The maximum Gasteiger partial charge on any atom is 0.239 e. The van der Waals surface area contributed by atoms with Crippen molar-refractivity contribution in [1.82, 2.24) is 4.90 Å². The molecule has 8 heteroatoms. The van der Waals surface area contributed by atoms with Crippen LogP contribution in [0.2, 0.25) is 0 Å². The van der Waals surface area contributed by atoms with Crippen LogP contribution in [0.25, 0.3) is 0 Å². The van der Waals surface area contributed by atoms with E-state index in [4.69, 9.17) is 14.2 Å². The van der Waals surface area contributed by atoms with Crippen molar-refractivity contribution in [3.05, 3.63) is 53.6 Å². The minimum Gasteiger partial charge on any atom is -0.494 e. The Morgan fingerprint density at radius 3 is 2.55 bits per heavy atom. The lowest BCUT2D eigenvalue weighted by Gasteiger charge is -2.15. The van der Waals surface area contributed by atoms with Crippen molar-refractivity contribution in [3.8, 4) is 17.2 Å². The second-order valence-corrected chi connectivity index (χ2v) is 7.03. The first-order valence-electron chi connectivity index (χ1n) is 9.12. The van der Waals surface area contributed by atoms with E-state index in [9.17, 15) is 4.79 Å². The second-order valence-electron chi connectivity index (χ2n) is 6.09. The third-order valence-corrected chi connectivity index (χ3v) is 5.14. The maximum absolute atomic E-state index is 12.3. The molecule has 0 aromatic heterocycles. The predicted octanol–water partition coefficient (Wildman–Crippen LogP) is 3.57. The molecular formula is C21H23N3O4S. The lowest BCUT2D eigenvalue weighted by molar-refractivity contribution is -0.124. The van der Waals surface area contributed by atoms with Crippen molar-refractivity contribution >= 4 is 29.1 Å². The number of amidine groups is 1. The molecule has 0 unspecified atom stereocenters. The van der Waals surface area contributed by atoms with Crippen molar-refractivity contribution in [2.24, 2.45) is 10.2 Å². The zero-order valence-electron chi connectivity index (χ0n) is 16.6. The van der Waals surface area contributed by atoms with Gasteiger partial charge in [0.05, 0.1) is 39.3 Å². The number of nitrogens with zero attached hydrogens (tertiary/aromatic N) is 3. The molecule has 29 heavy (non-hydrogen) atoms. The molecule has 2 aromatic rings. The van der Waals surface area contributed by atoms with Crippen molar-refractivity contribution in [1.29, 1.82) is 0 Å². The van der Waals surface area contributed by atoms with Crippen LogP contribution >= 0.6 is 11.8 Å². The summed E-state index contributed by atoms with van der Waals surface area (Å²) in [5, 5.41) is 8.98. The molecular weight excluding hydrogens is 390 g/mol. The van der Waals surface area contributed by atoms with E-state index in [0.29, 0.717) is 35.6 Å². The second kappa shape index (κ2) is 9.97. The Balaban J connectivity index is 1.70. The van der Waals surface area contributed by atoms with Gasteiger partial charge in [-0.1, -0.05) is 23.9 Å². The molecule has 1 aliphatic rings. The quantitative estimate of drug-likeness (QED) is 0.489. The predicted molar refractivity (Wildman–Crippen MR) is 115 cm³/mol. The van der Waals surface area contributed by atoms with Gasteiger partial charge in [-0.15, -0.1) is 5.10 Å². The molecule has 0 spiro atoms. The molecule has 1 heterocycles. The van der Waals surface area contributed by atoms with Crippen LogP contribution in [0.1, 0.15) is 18.1 Å². The SMILES string of the molecule is CCOc1ccc(CN2C(=O)CS/C2=N\N=C\c2ccc(OC)c(OC)c2)cc1. The number of carbonyl (C=O) groups excluding carboxylic acids is 1. The monoisotopic (exact) mass is 413 g/mol. The summed E-state index contributed by atoms with van der Waals surface area (Å²) in [6, 6.07) is 13.2. The van der Waals surface area contributed by atoms with Crippen molar-refractivity contribution in [3.63, 3.8) is 0 Å². The van der Waals surface area contributed by atoms with Crippen LogP contribution in [0.4, 0.5) is 0 Å². The molecule has 7 nitrogen and oxygen atoms in total. The molecule has 0 radical (unpaired) electrons. The Labute approximate surface area is 174 Å². The molecule has 0 atom stereocenters. The van der Waals surface area contributed by atoms with Crippen LogP contribution in [0.3, 0.4) is 0 Å². The van der Waals surface area contributed by atoms with Crippen LogP contribution in [0.15, 0.2) is 52.7 Å². The summed E-state index contributed by atoms with van der Waals surface area (Å²) in [5.41, 5.74) is 1.82. The lowest BCUT2D eigenvalue weighted by Crippen LogP contribution is -2.28. The number of ether oxygens (including phenoxy) is 3. The van der Waals surface area contributed by atoms with Crippen LogP contribution < -0.4 is 14.2 Å². The Bertz CT molecular complexity index is 913. The van der Waals surface area contributed by atoms with Gasteiger partial charge in [0.2, 0.25) is 5.91 Å². The van der Waals surface area contributed by atoms with Crippen LogP contribution in [0.5, 0.6) is 17.2 Å². The Kier molecular flexibility index (Phi) is 7.13. The zero-order valence-corrected chi connectivity index (χ0v) is 17.4. The Morgan fingerprint density at radius 1 is 1.10 bits per heavy atom. The smallest absolute Gasteiger partial charge is 0.239 e. The van der Waals surface area contributed by atoms with Gasteiger partial charge < -0.3 is 14.2 Å². The first kappa shape index (κ1) is 20.7. The van der Waals surface area contributed by atoms with Gasteiger partial charge in [-0.25, -0.2) is 0 Å². The van der Waals surface area contributed by atoms with E-state index in [2.05, 4.69) is 10.2 Å². The summed E-state index contributed by atoms with van der Waals surface area (Å²) in [5.74, 6) is 2.46. The minimum absolute atomic E-state index is 0.0175. The number of amides is 1. The summed E-state index contributed by atoms with van der Waals surface area (Å²) < 4.78 is 16.0.